The standard InChI is InChI=1S/C16H25N3O/c1-3-15(17)14-7-4-5-8-16(14)19-10-6-9-18(11-12-19)13(2)20/h4-5,7-8,15H,3,6,9-12,17H2,1-2H3. The number of nitrogens with zero attached hydrogens (tertiary/aromatic N) is 2. The van der Waals surface area contributed by atoms with E-state index in [1.165, 1.54) is 11.3 Å². The first-order valence-corrected chi connectivity index (χ1v) is 7.48. The largest absolute Gasteiger partial charge is 0.369 e. The zero-order valence-electron chi connectivity index (χ0n) is 12.5. The Morgan fingerprint density at radius 3 is 2.70 bits per heavy atom. The molecule has 1 aliphatic rings. The third-order valence-corrected chi connectivity index (χ3v) is 4.06. The topological polar surface area (TPSA) is 49.6 Å². The number of carbonyl (C=O) groups excluding carboxylic acids is 1. The number of rotatable bonds is 3. The van der Waals surface area contributed by atoms with Gasteiger partial charge in [-0.2, -0.15) is 0 Å². The molecule has 1 saturated heterocycles. The van der Waals surface area contributed by atoms with Crippen LogP contribution in [0.5, 0.6) is 0 Å². The van der Waals surface area contributed by atoms with Crippen molar-refractivity contribution in [3.8, 4) is 0 Å². The molecule has 1 heterocycles. The highest BCUT2D eigenvalue weighted by Crippen LogP contribution is 2.27. The maximum absolute atomic E-state index is 11.5. The van der Waals surface area contributed by atoms with Gasteiger partial charge in [0.05, 0.1) is 0 Å². The molecule has 1 atom stereocenters. The van der Waals surface area contributed by atoms with Gasteiger partial charge in [0.15, 0.2) is 0 Å². The summed E-state index contributed by atoms with van der Waals surface area (Å²) in [7, 11) is 0. The average Bonchev–Trinajstić information content (AvgIpc) is 2.72. The molecule has 0 aliphatic carbocycles. The second-order valence-corrected chi connectivity index (χ2v) is 5.42. The number of hydrogen-bond donors (Lipinski definition) is 1. The van der Waals surface area contributed by atoms with Crippen molar-refractivity contribution in [1.82, 2.24) is 4.90 Å². The number of anilines is 1. The third-order valence-electron chi connectivity index (χ3n) is 4.06. The lowest BCUT2D eigenvalue weighted by molar-refractivity contribution is -0.128. The fourth-order valence-corrected chi connectivity index (χ4v) is 2.78. The molecule has 2 N–H and O–H groups in total. The van der Waals surface area contributed by atoms with Gasteiger partial charge >= 0.3 is 0 Å². The average molecular weight is 275 g/mol. The number of carbonyl (C=O) groups is 1. The van der Waals surface area contributed by atoms with Gasteiger partial charge in [-0.05, 0) is 24.5 Å². The molecular formula is C16H25N3O. The summed E-state index contributed by atoms with van der Waals surface area (Å²) < 4.78 is 0. The van der Waals surface area contributed by atoms with E-state index in [9.17, 15) is 4.79 Å². The van der Waals surface area contributed by atoms with Crippen LogP contribution in [0.4, 0.5) is 5.69 Å². The Hall–Kier alpha value is -1.55. The first kappa shape index (κ1) is 14.9. The van der Waals surface area contributed by atoms with Gasteiger partial charge < -0.3 is 15.5 Å². The lowest BCUT2D eigenvalue weighted by Crippen LogP contribution is -2.34. The molecule has 1 aromatic rings. The van der Waals surface area contributed by atoms with Crippen LogP contribution in [0.2, 0.25) is 0 Å². The summed E-state index contributed by atoms with van der Waals surface area (Å²) in [6.07, 6.45) is 1.94. The molecular weight excluding hydrogens is 250 g/mol. The summed E-state index contributed by atoms with van der Waals surface area (Å²) in [4.78, 5) is 15.8. The van der Waals surface area contributed by atoms with E-state index in [0.717, 1.165) is 39.0 Å². The Morgan fingerprint density at radius 1 is 1.25 bits per heavy atom. The van der Waals surface area contributed by atoms with Crippen LogP contribution in [-0.4, -0.2) is 37.0 Å². The number of hydrogen-bond acceptors (Lipinski definition) is 3. The highest BCUT2D eigenvalue weighted by molar-refractivity contribution is 5.73. The second kappa shape index (κ2) is 6.75. The number of benzene rings is 1. The molecule has 1 amide bonds. The molecule has 4 heteroatoms. The highest BCUT2D eigenvalue weighted by atomic mass is 16.2. The fraction of sp³-hybridized carbons (Fsp3) is 0.562. The van der Waals surface area contributed by atoms with Gasteiger partial charge in [-0.25, -0.2) is 0 Å². The minimum Gasteiger partial charge on any atom is -0.369 e. The van der Waals surface area contributed by atoms with Gasteiger partial charge in [0, 0.05) is 44.8 Å². The summed E-state index contributed by atoms with van der Waals surface area (Å²) in [5.41, 5.74) is 8.67. The van der Waals surface area contributed by atoms with Gasteiger partial charge in [-0.3, -0.25) is 4.79 Å². The van der Waals surface area contributed by atoms with E-state index >= 15 is 0 Å². The van der Waals surface area contributed by atoms with Crippen LogP contribution >= 0.6 is 0 Å². The van der Waals surface area contributed by atoms with Gasteiger partial charge in [0.2, 0.25) is 5.91 Å². The molecule has 20 heavy (non-hydrogen) atoms. The van der Waals surface area contributed by atoms with Crippen molar-refractivity contribution in [3.05, 3.63) is 29.8 Å². The zero-order valence-corrected chi connectivity index (χ0v) is 12.5. The Labute approximate surface area is 121 Å². The molecule has 4 nitrogen and oxygen atoms in total. The van der Waals surface area contributed by atoms with E-state index in [1.807, 2.05) is 11.0 Å². The van der Waals surface area contributed by atoms with Crippen molar-refractivity contribution in [2.75, 3.05) is 31.1 Å². The Bertz CT molecular complexity index is 461. The molecule has 1 aliphatic heterocycles. The van der Waals surface area contributed by atoms with Crippen molar-refractivity contribution < 1.29 is 4.79 Å². The second-order valence-electron chi connectivity index (χ2n) is 5.42. The Kier molecular flexibility index (Phi) is 5.01. The molecule has 0 aromatic heterocycles. The highest BCUT2D eigenvalue weighted by Gasteiger charge is 2.19. The smallest absolute Gasteiger partial charge is 0.219 e. The molecule has 1 fully saturated rings. The molecule has 110 valence electrons. The molecule has 0 radical (unpaired) electrons. The first-order valence-electron chi connectivity index (χ1n) is 7.48. The van der Waals surface area contributed by atoms with E-state index in [-0.39, 0.29) is 11.9 Å². The van der Waals surface area contributed by atoms with Crippen molar-refractivity contribution in [2.24, 2.45) is 5.73 Å². The predicted octanol–water partition coefficient (Wildman–Crippen LogP) is 2.16. The van der Waals surface area contributed by atoms with Gasteiger partial charge in [-0.15, -0.1) is 0 Å². The zero-order chi connectivity index (χ0) is 14.5. The van der Waals surface area contributed by atoms with Crippen LogP contribution in [0.25, 0.3) is 0 Å². The van der Waals surface area contributed by atoms with Crippen LogP contribution in [-0.2, 0) is 4.79 Å². The van der Waals surface area contributed by atoms with E-state index < -0.39 is 0 Å². The summed E-state index contributed by atoms with van der Waals surface area (Å²) in [5.74, 6) is 0.172. The lowest BCUT2D eigenvalue weighted by Gasteiger charge is -2.27. The van der Waals surface area contributed by atoms with E-state index in [0.29, 0.717) is 0 Å². The van der Waals surface area contributed by atoms with Crippen molar-refractivity contribution >= 4 is 11.6 Å². The maximum atomic E-state index is 11.5. The summed E-state index contributed by atoms with van der Waals surface area (Å²) >= 11 is 0. The van der Waals surface area contributed by atoms with Crippen LogP contribution in [0.3, 0.4) is 0 Å². The number of nitrogens with two attached hydrogens (primary N) is 1. The van der Waals surface area contributed by atoms with Crippen molar-refractivity contribution in [3.63, 3.8) is 0 Å². The van der Waals surface area contributed by atoms with E-state index in [4.69, 9.17) is 5.73 Å². The summed E-state index contributed by atoms with van der Waals surface area (Å²) in [6.45, 7) is 7.28. The Morgan fingerprint density at radius 2 is 2.00 bits per heavy atom. The van der Waals surface area contributed by atoms with Crippen LogP contribution < -0.4 is 10.6 Å². The van der Waals surface area contributed by atoms with Crippen molar-refractivity contribution in [1.29, 1.82) is 0 Å². The monoisotopic (exact) mass is 275 g/mol. The molecule has 0 spiro atoms. The number of amides is 1. The maximum Gasteiger partial charge on any atom is 0.219 e. The predicted molar refractivity (Wildman–Crippen MR) is 82.7 cm³/mol. The normalized spacial score (nSPS) is 17.8. The first-order chi connectivity index (χ1) is 9.63. The van der Waals surface area contributed by atoms with E-state index in [1.54, 1.807) is 6.92 Å². The van der Waals surface area contributed by atoms with Gasteiger partial charge in [0.1, 0.15) is 0 Å². The molecule has 2 rings (SSSR count). The van der Waals surface area contributed by atoms with Crippen LogP contribution in [0, 0.1) is 0 Å². The van der Waals surface area contributed by atoms with E-state index in [2.05, 4.69) is 30.0 Å². The quantitative estimate of drug-likeness (QED) is 0.919. The van der Waals surface area contributed by atoms with Gasteiger partial charge in [0.25, 0.3) is 0 Å². The summed E-state index contributed by atoms with van der Waals surface area (Å²) in [6, 6.07) is 8.47. The molecule has 1 aromatic carbocycles. The number of para-hydroxylation sites is 1. The molecule has 0 saturated carbocycles. The van der Waals surface area contributed by atoms with Crippen LogP contribution in [0.1, 0.15) is 38.3 Å². The summed E-state index contributed by atoms with van der Waals surface area (Å²) in [5, 5.41) is 0. The minimum absolute atomic E-state index is 0.0818. The fourth-order valence-electron chi connectivity index (χ4n) is 2.78. The molecule has 1 unspecified atom stereocenters. The molecule has 0 bridgehead atoms. The third kappa shape index (κ3) is 3.31. The SMILES string of the molecule is CCC(N)c1ccccc1N1CCCN(C(C)=O)CC1. The minimum atomic E-state index is 0.0818. The van der Waals surface area contributed by atoms with Gasteiger partial charge in [-0.1, -0.05) is 25.1 Å². The van der Waals surface area contributed by atoms with Crippen molar-refractivity contribution in [2.45, 2.75) is 32.7 Å². The lowest BCUT2D eigenvalue weighted by atomic mass is 10.0. The Balaban J connectivity index is 2.17. The van der Waals surface area contributed by atoms with Crippen LogP contribution in [0.15, 0.2) is 24.3 Å².